The van der Waals surface area contributed by atoms with Crippen LogP contribution in [0.2, 0.25) is 5.15 Å². The molecule has 0 N–H and O–H groups in total. The van der Waals surface area contributed by atoms with E-state index < -0.39 is 0 Å². The van der Waals surface area contributed by atoms with E-state index >= 15 is 0 Å². The zero-order valence-corrected chi connectivity index (χ0v) is 13.2. The van der Waals surface area contributed by atoms with Gasteiger partial charge < -0.3 is 0 Å². The fourth-order valence-corrected chi connectivity index (χ4v) is 2.72. The predicted octanol–water partition coefficient (Wildman–Crippen LogP) is 4.87. The zero-order chi connectivity index (χ0) is 14.2. The molecule has 2 aromatic rings. The number of hydrogen-bond acceptors (Lipinski definition) is 1. The highest BCUT2D eigenvalue weighted by molar-refractivity contribution is 6.31. The van der Waals surface area contributed by atoms with Crippen LogP contribution < -0.4 is 0 Å². The molecular formula is C15H18Cl2N2. The summed E-state index contributed by atoms with van der Waals surface area (Å²) in [6, 6.07) is 8.05. The molecule has 0 spiro atoms. The summed E-state index contributed by atoms with van der Waals surface area (Å²) in [7, 11) is 0. The maximum Gasteiger partial charge on any atom is 0.137 e. The molecule has 0 aliphatic rings. The summed E-state index contributed by atoms with van der Waals surface area (Å²) in [5.74, 6) is 0.372. The van der Waals surface area contributed by atoms with E-state index in [0.29, 0.717) is 11.0 Å². The number of alkyl halides is 1. The first-order valence-corrected chi connectivity index (χ1v) is 7.17. The third-order valence-electron chi connectivity index (χ3n) is 3.11. The summed E-state index contributed by atoms with van der Waals surface area (Å²) >= 11 is 12.5. The van der Waals surface area contributed by atoms with Gasteiger partial charge in [-0.1, -0.05) is 50.6 Å². The fourth-order valence-electron chi connectivity index (χ4n) is 2.11. The normalized spacial score (nSPS) is 11.9. The Labute approximate surface area is 124 Å². The number of aromatic nitrogens is 2. The molecular weight excluding hydrogens is 279 g/mol. The largest absolute Gasteiger partial charge is 0.221 e. The first-order valence-electron chi connectivity index (χ1n) is 6.26. The Morgan fingerprint density at radius 3 is 2.32 bits per heavy atom. The molecule has 0 fully saturated rings. The molecule has 0 bridgehead atoms. The van der Waals surface area contributed by atoms with Crippen molar-refractivity contribution in [2.45, 2.75) is 39.0 Å². The summed E-state index contributed by atoms with van der Waals surface area (Å²) in [6.07, 6.45) is 0. The van der Waals surface area contributed by atoms with Gasteiger partial charge in [0.05, 0.1) is 17.3 Å². The van der Waals surface area contributed by atoms with Crippen molar-refractivity contribution in [3.05, 3.63) is 46.2 Å². The van der Waals surface area contributed by atoms with E-state index in [4.69, 9.17) is 23.2 Å². The topological polar surface area (TPSA) is 17.8 Å². The van der Waals surface area contributed by atoms with Crippen LogP contribution in [0.15, 0.2) is 24.3 Å². The molecule has 2 nitrogen and oxygen atoms in total. The molecule has 0 aliphatic heterocycles. The van der Waals surface area contributed by atoms with Crippen molar-refractivity contribution in [3.63, 3.8) is 0 Å². The van der Waals surface area contributed by atoms with Crippen LogP contribution in [-0.2, 0) is 11.3 Å². The molecule has 19 heavy (non-hydrogen) atoms. The van der Waals surface area contributed by atoms with Crippen LogP contribution in [0.4, 0.5) is 0 Å². The Morgan fingerprint density at radius 1 is 1.21 bits per heavy atom. The lowest BCUT2D eigenvalue weighted by atomic mass is 9.90. The van der Waals surface area contributed by atoms with E-state index in [2.05, 4.69) is 25.9 Å². The van der Waals surface area contributed by atoms with Crippen molar-refractivity contribution in [3.8, 4) is 5.69 Å². The second kappa shape index (κ2) is 5.18. The van der Waals surface area contributed by atoms with E-state index in [1.807, 2.05) is 31.2 Å². The van der Waals surface area contributed by atoms with Gasteiger partial charge in [-0.2, -0.15) is 5.10 Å². The molecule has 2 rings (SSSR count). The molecule has 0 atom stereocenters. The van der Waals surface area contributed by atoms with Gasteiger partial charge in [0, 0.05) is 11.0 Å². The Morgan fingerprint density at radius 2 is 1.84 bits per heavy atom. The molecule has 0 amide bonds. The summed E-state index contributed by atoms with van der Waals surface area (Å²) in [5.41, 5.74) is 3.92. The summed E-state index contributed by atoms with van der Waals surface area (Å²) in [4.78, 5) is 0. The summed E-state index contributed by atoms with van der Waals surface area (Å²) < 4.78 is 1.79. The van der Waals surface area contributed by atoms with E-state index in [1.165, 1.54) is 0 Å². The Balaban J connectivity index is 2.67. The Hall–Kier alpha value is -0.990. The van der Waals surface area contributed by atoms with Gasteiger partial charge in [-0.25, -0.2) is 4.68 Å². The number of rotatable bonds is 2. The highest BCUT2D eigenvalue weighted by atomic mass is 35.5. The highest BCUT2D eigenvalue weighted by Gasteiger charge is 2.26. The lowest BCUT2D eigenvalue weighted by Crippen LogP contribution is -2.14. The minimum absolute atomic E-state index is 0.0815. The van der Waals surface area contributed by atoms with Crippen LogP contribution >= 0.6 is 23.2 Å². The average molecular weight is 297 g/mol. The van der Waals surface area contributed by atoms with Crippen molar-refractivity contribution < 1.29 is 0 Å². The van der Waals surface area contributed by atoms with Crippen LogP contribution in [0.3, 0.4) is 0 Å². The predicted molar refractivity (Wildman–Crippen MR) is 81.6 cm³/mol. The van der Waals surface area contributed by atoms with Gasteiger partial charge in [0.25, 0.3) is 0 Å². The second-order valence-corrected chi connectivity index (χ2v) is 6.33. The van der Waals surface area contributed by atoms with Crippen molar-refractivity contribution in [2.75, 3.05) is 0 Å². The molecule has 0 unspecified atom stereocenters. The van der Waals surface area contributed by atoms with E-state index in [9.17, 15) is 0 Å². The van der Waals surface area contributed by atoms with Gasteiger partial charge in [-0.3, -0.25) is 0 Å². The van der Waals surface area contributed by atoms with Crippen LogP contribution in [0, 0.1) is 6.92 Å². The van der Waals surface area contributed by atoms with E-state index in [-0.39, 0.29) is 5.41 Å². The van der Waals surface area contributed by atoms with Crippen LogP contribution in [0.1, 0.15) is 37.6 Å². The smallest absolute Gasteiger partial charge is 0.137 e. The number of halogens is 2. The molecule has 0 aliphatic carbocycles. The maximum absolute atomic E-state index is 6.46. The number of nitrogens with zero attached hydrogens (tertiary/aromatic N) is 2. The van der Waals surface area contributed by atoms with Crippen molar-refractivity contribution >= 4 is 23.2 Å². The number of aryl methyl sites for hydroxylation is 1. The van der Waals surface area contributed by atoms with Crippen LogP contribution in [0.5, 0.6) is 0 Å². The van der Waals surface area contributed by atoms with Crippen LogP contribution in [0.25, 0.3) is 5.69 Å². The van der Waals surface area contributed by atoms with Crippen LogP contribution in [-0.4, -0.2) is 9.78 Å². The molecule has 4 heteroatoms. The maximum atomic E-state index is 6.46. The minimum atomic E-state index is -0.0815. The number of para-hydroxylation sites is 1. The number of hydrogen-bond donors (Lipinski definition) is 0. The monoisotopic (exact) mass is 296 g/mol. The SMILES string of the molecule is Cc1ccccc1-n1nc(C(C)(C)C)c(CCl)c1Cl. The van der Waals surface area contributed by atoms with Gasteiger partial charge in [0.1, 0.15) is 5.15 Å². The minimum Gasteiger partial charge on any atom is -0.221 e. The third kappa shape index (κ3) is 2.65. The van der Waals surface area contributed by atoms with Gasteiger partial charge in [0.15, 0.2) is 0 Å². The van der Waals surface area contributed by atoms with Gasteiger partial charge in [0.2, 0.25) is 0 Å². The lowest BCUT2D eigenvalue weighted by Gasteiger charge is -2.16. The molecule has 1 heterocycles. The summed E-state index contributed by atoms with van der Waals surface area (Å²) in [6.45, 7) is 8.39. The standard InChI is InChI=1S/C15H18Cl2N2/c1-10-7-5-6-8-12(10)19-14(17)11(9-16)13(18-19)15(2,3)4/h5-8H,9H2,1-4H3. The van der Waals surface area contributed by atoms with E-state index in [1.54, 1.807) is 4.68 Å². The summed E-state index contributed by atoms with van der Waals surface area (Å²) in [5, 5.41) is 5.29. The molecule has 1 aromatic carbocycles. The van der Waals surface area contributed by atoms with Crippen molar-refractivity contribution in [1.29, 1.82) is 0 Å². The molecule has 1 aromatic heterocycles. The Bertz CT molecular complexity index is 595. The first kappa shape index (κ1) is 14.4. The first-order chi connectivity index (χ1) is 8.86. The molecule has 102 valence electrons. The lowest BCUT2D eigenvalue weighted by molar-refractivity contribution is 0.556. The molecule has 0 saturated heterocycles. The quantitative estimate of drug-likeness (QED) is 0.723. The van der Waals surface area contributed by atoms with Gasteiger partial charge >= 0.3 is 0 Å². The fraction of sp³-hybridized carbons (Fsp3) is 0.400. The number of benzene rings is 1. The van der Waals surface area contributed by atoms with Gasteiger partial charge in [-0.05, 0) is 18.6 Å². The molecule has 0 saturated carbocycles. The highest BCUT2D eigenvalue weighted by Crippen LogP contribution is 2.33. The van der Waals surface area contributed by atoms with Gasteiger partial charge in [-0.15, -0.1) is 11.6 Å². The zero-order valence-electron chi connectivity index (χ0n) is 11.7. The average Bonchev–Trinajstić information content (AvgIpc) is 2.67. The third-order valence-corrected chi connectivity index (χ3v) is 3.76. The van der Waals surface area contributed by atoms with Crippen molar-refractivity contribution in [2.24, 2.45) is 0 Å². The van der Waals surface area contributed by atoms with Crippen molar-refractivity contribution in [1.82, 2.24) is 9.78 Å². The second-order valence-electron chi connectivity index (χ2n) is 5.70. The van der Waals surface area contributed by atoms with E-state index in [0.717, 1.165) is 22.5 Å². The Kier molecular flexibility index (Phi) is 3.93. The molecule has 0 radical (unpaired) electrons.